The van der Waals surface area contributed by atoms with Crippen LogP contribution in [0.1, 0.15) is 12.0 Å². The number of hydrogen-bond acceptors (Lipinski definition) is 5. The number of morpholine rings is 1. The van der Waals surface area contributed by atoms with Crippen molar-refractivity contribution in [1.82, 2.24) is 9.80 Å². The van der Waals surface area contributed by atoms with Crippen molar-refractivity contribution in [2.24, 2.45) is 0 Å². The number of ether oxygens (including phenoxy) is 1. The zero-order chi connectivity index (χ0) is 20.5. The minimum atomic E-state index is -0.383. The van der Waals surface area contributed by atoms with Crippen LogP contribution in [-0.4, -0.2) is 59.2 Å². The molecule has 0 amide bonds. The van der Waals surface area contributed by atoms with Crippen molar-refractivity contribution in [2.45, 2.75) is 13.0 Å². The number of thiocarbonyl (C=S) groups is 1. The Kier molecular flexibility index (Phi) is 7.92. The summed E-state index contributed by atoms with van der Waals surface area (Å²) in [6.07, 6.45) is 0.976. The number of nitro groups is 1. The quantitative estimate of drug-likeness (QED) is 0.403. The first-order valence-corrected chi connectivity index (χ1v) is 10.2. The summed E-state index contributed by atoms with van der Waals surface area (Å²) in [6.45, 7) is 5.91. The molecule has 29 heavy (non-hydrogen) atoms. The van der Waals surface area contributed by atoms with Crippen molar-refractivity contribution in [3.8, 4) is 0 Å². The number of nitrogens with zero attached hydrogens (tertiary/aromatic N) is 3. The van der Waals surface area contributed by atoms with Gasteiger partial charge in [-0.2, -0.15) is 0 Å². The molecule has 1 fully saturated rings. The Labute approximate surface area is 176 Å². The van der Waals surface area contributed by atoms with Crippen LogP contribution in [0.25, 0.3) is 0 Å². The lowest BCUT2D eigenvalue weighted by Crippen LogP contribution is -2.40. The monoisotopic (exact) mass is 414 g/mol. The van der Waals surface area contributed by atoms with Gasteiger partial charge in [-0.3, -0.25) is 15.0 Å². The summed E-state index contributed by atoms with van der Waals surface area (Å²) < 4.78 is 5.41. The molecule has 8 heteroatoms. The normalized spacial score (nSPS) is 14.3. The van der Waals surface area contributed by atoms with Crippen molar-refractivity contribution in [3.05, 3.63) is 70.3 Å². The minimum absolute atomic E-state index is 0.0950. The Balaban J connectivity index is 1.62. The Hall–Kier alpha value is -2.55. The standard InChI is InChI=1S/C21H26N4O3S/c26-25(27)20-9-7-18(8-10-20)17-24(12-4-11-23-13-15-28-16-14-23)21(29)22-19-5-2-1-3-6-19/h1-3,5-10H,4,11-17H2,(H,22,29). The molecule has 0 aromatic heterocycles. The van der Waals surface area contributed by atoms with Crippen LogP contribution in [0.3, 0.4) is 0 Å². The summed E-state index contributed by atoms with van der Waals surface area (Å²) >= 11 is 5.67. The molecule has 1 saturated heterocycles. The second-order valence-electron chi connectivity index (χ2n) is 6.95. The van der Waals surface area contributed by atoms with Gasteiger partial charge in [-0.1, -0.05) is 30.3 Å². The molecule has 3 rings (SSSR count). The van der Waals surface area contributed by atoms with Gasteiger partial charge in [0.25, 0.3) is 5.69 Å². The number of nitro benzene ring substituents is 1. The van der Waals surface area contributed by atoms with E-state index >= 15 is 0 Å². The summed E-state index contributed by atoms with van der Waals surface area (Å²) in [5.74, 6) is 0. The third-order valence-electron chi connectivity index (χ3n) is 4.84. The summed E-state index contributed by atoms with van der Waals surface area (Å²) in [4.78, 5) is 15.0. The lowest BCUT2D eigenvalue weighted by Gasteiger charge is -2.29. The molecule has 2 aromatic rings. The van der Waals surface area contributed by atoms with E-state index in [1.807, 2.05) is 30.3 Å². The van der Waals surface area contributed by atoms with Crippen molar-refractivity contribution in [1.29, 1.82) is 0 Å². The number of para-hydroxylation sites is 1. The molecule has 0 radical (unpaired) electrons. The molecule has 1 aliphatic rings. The predicted molar refractivity (Wildman–Crippen MR) is 118 cm³/mol. The highest BCUT2D eigenvalue weighted by Gasteiger charge is 2.14. The summed E-state index contributed by atoms with van der Waals surface area (Å²) in [5.41, 5.74) is 2.02. The molecule has 0 unspecified atom stereocenters. The van der Waals surface area contributed by atoms with Gasteiger partial charge in [0.05, 0.1) is 18.1 Å². The van der Waals surface area contributed by atoms with Crippen LogP contribution in [-0.2, 0) is 11.3 Å². The molecule has 1 aliphatic heterocycles. The van der Waals surface area contributed by atoms with Crippen LogP contribution in [0.5, 0.6) is 0 Å². The average molecular weight is 415 g/mol. The third-order valence-corrected chi connectivity index (χ3v) is 5.20. The number of benzene rings is 2. The number of rotatable bonds is 8. The van der Waals surface area contributed by atoms with E-state index in [0.29, 0.717) is 11.7 Å². The largest absolute Gasteiger partial charge is 0.379 e. The Morgan fingerprint density at radius 3 is 2.48 bits per heavy atom. The maximum Gasteiger partial charge on any atom is 0.269 e. The molecule has 0 aliphatic carbocycles. The topological polar surface area (TPSA) is 70.9 Å². The van der Waals surface area contributed by atoms with Gasteiger partial charge < -0.3 is 15.0 Å². The Morgan fingerprint density at radius 2 is 1.83 bits per heavy atom. The molecule has 0 bridgehead atoms. The van der Waals surface area contributed by atoms with Crippen LogP contribution in [0.15, 0.2) is 54.6 Å². The number of anilines is 1. The van der Waals surface area contributed by atoms with Crippen molar-refractivity contribution in [3.63, 3.8) is 0 Å². The fourth-order valence-electron chi connectivity index (χ4n) is 3.23. The molecular formula is C21H26N4O3S. The van der Waals surface area contributed by atoms with E-state index in [2.05, 4.69) is 15.1 Å². The zero-order valence-electron chi connectivity index (χ0n) is 16.3. The molecule has 7 nitrogen and oxygen atoms in total. The maximum absolute atomic E-state index is 10.9. The van der Waals surface area contributed by atoms with E-state index < -0.39 is 0 Å². The molecule has 0 saturated carbocycles. The highest BCUT2D eigenvalue weighted by atomic mass is 32.1. The second-order valence-corrected chi connectivity index (χ2v) is 7.34. The summed E-state index contributed by atoms with van der Waals surface area (Å²) in [7, 11) is 0. The lowest BCUT2D eigenvalue weighted by molar-refractivity contribution is -0.384. The molecular weight excluding hydrogens is 388 g/mol. The Morgan fingerprint density at radius 1 is 1.14 bits per heavy atom. The van der Waals surface area contributed by atoms with Crippen LogP contribution in [0.4, 0.5) is 11.4 Å². The van der Waals surface area contributed by atoms with Gasteiger partial charge in [0.1, 0.15) is 0 Å². The van der Waals surface area contributed by atoms with Gasteiger partial charge in [0.2, 0.25) is 0 Å². The van der Waals surface area contributed by atoms with Crippen molar-refractivity contribution < 1.29 is 9.66 Å². The van der Waals surface area contributed by atoms with E-state index in [1.165, 1.54) is 12.1 Å². The highest BCUT2D eigenvalue weighted by Crippen LogP contribution is 2.15. The van der Waals surface area contributed by atoms with Crippen molar-refractivity contribution >= 4 is 28.7 Å². The van der Waals surface area contributed by atoms with E-state index in [0.717, 1.165) is 57.1 Å². The first-order valence-electron chi connectivity index (χ1n) is 9.76. The SMILES string of the molecule is O=[N+]([O-])c1ccc(CN(CCCN2CCOCC2)C(=S)Nc2ccccc2)cc1. The van der Waals surface area contributed by atoms with E-state index in [9.17, 15) is 10.1 Å². The van der Waals surface area contributed by atoms with Crippen LogP contribution in [0, 0.1) is 10.1 Å². The first kappa shape index (κ1) is 21.2. The van der Waals surface area contributed by atoms with Gasteiger partial charge in [-0.25, -0.2) is 0 Å². The van der Waals surface area contributed by atoms with Gasteiger partial charge in [0, 0.05) is 50.5 Å². The van der Waals surface area contributed by atoms with Crippen molar-refractivity contribution in [2.75, 3.05) is 44.7 Å². The number of non-ortho nitro benzene ring substituents is 1. The summed E-state index contributed by atoms with van der Waals surface area (Å²) in [5, 5.41) is 14.8. The predicted octanol–water partition coefficient (Wildman–Crippen LogP) is 3.52. The molecule has 154 valence electrons. The smallest absolute Gasteiger partial charge is 0.269 e. The van der Waals surface area contributed by atoms with Gasteiger partial charge in [-0.05, 0) is 36.3 Å². The van der Waals surface area contributed by atoms with E-state index in [1.54, 1.807) is 12.1 Å². The average Bonchev–Trinajstić information content (AvgIpc) is 2.75. The highest BCUT2D eigenvalue weighted by molar-refractivity contribution is 7.80. The number of hydrogen-bond donors (Lipinski definition) is 1. The van der Waals surface area contributed by atoms with Gasteiger partial charge in [0.15, 0.2) is 5.11 Å². The van der Waals surface area contributed by atoms with Crippen LogP contribution >= 0.6 is 12.2 Å². The third kappa shape index (κ3) is 6.77. The summed E-state index contributed by atoms with van der Waals surface area (Å²) in [6, 6.07) is 16.5. The van der Waals surface area contributed by atoms with E-state index in [-0.39, 0.29) is 10.6 Å². The van der Waals surface area contributed by atoms with Crippen LogP contribution in [0.2, 0.25) is 0 Å². The molecule has 0 atom stereocenters. The molecule has 1 heterocycles. The lowest BCUT2D eigenvalue weighted by atomic mass is 10.2. The van der Waals surface area contributed by atoms with Gasteiger partial charge >= 0.3 is 0 Å². The fourth-order valence-corrected chi connectivity index (χ4v) is 3.50. The maximum atomic E-state index is 10.9. The minimum Gasteiger partial charge on any atom is -0.379 e. The number of nitrogens with one attached hydrogen (secondary N) is 1. The fraction of sp³-hybridized carbons (Fsp3) is 0.381. The van der Waals surface area contributed by atoms with E-state index in [4.69, 9.17) is 17.0 Å². The zero-order valence-corrected chi connectivity index (χ0v) is 17.1. The molecule has 1 N–H and O–H groups in total. The molecule has 2 aromatic carbocycles. The molecule has 0 spiro atoms. The first-order chi connectivity index (χ1) is 14.1. The second kappa shape index (κ2) is 10.8. The van der Waals surface area contributed by atoms with Gasteiger partial charge in [-0.15, -0.1) is 0 Å². The van der Waals surface area contributed by atoms with Crippen LogP contribution < -0.4 is 5.32 Å². The Bertz CT molecular complexity index is 795.